The quantitative estimate of drug-likeness (QED) is 0.487. The van der Waals surface area contributed by atoms with Crippen LogP contribution >= 0.6 is 24.8 Å². The third kappa shape index (κ3) is 6.48. The third-order valence-corrected chi connectivity index (χ3v) is 2.05. The first kappa shape index (κ1) is 18.6. The summed E-state index contributed by atoms with van der Waals surface area (Å²) in [5, 5.41) is 0. The van der Waals surface area contributed by atoms with Gasteiger partial charge in [-0.1, -0.05) is 30.3 Å². The van der Waals surface area contributed by atoms with E-state index < -0.39 is 6.04 Å². The fourth-order valence-electron chi connectivity index (χ4n) is 1.30. The lowest BCUT2D eigenvalue weighted by atomic mass is 10.1. The first-order valence-electron chi connectivity index (χ1n) is 4.94. The molecule has 0 saturated heterocycles. The molecule has 17 heavy (non-hydrogen) atoms. The van der Waals surface area contributed by atoms with E-state index in [0.717, 1.165) is 5.56 Å². The molecule has 0 saturated carbocycles. The molecule has 0 aliphatic rings. The molecule has 0 fully saturated rings. The molecule has 0 aromatic heterocycles. The lowest BCUT2D eigenvalue weighted by Crippen LogP contribution is -2.43. The van der Waals surface area contributed by atoms with Gasteiger partial charge in [0.25, 0.3) is 0 Å². The van der Waals surface area contributed by atoms with E-state index in [4.69, 9.17) is 10.6 Å². The zero-order chi connectivity index (χ0) is 11.1. The Morgan fingerprint density at radius 3 is 2.41 bits per heavy atom. The molecular weight excluding hydrogens is 263 g/mol. The maximum Gasteiger partial charge on any atom is 0.324 e. The van der Waals surface area contributed by atoms with E-state index in [1.165, 1.54) is 0 Å². The molecule has 0 heterocycles. The fraction of sp³-hybridized carbons (Fsp3) is 0.364. The number of hydrogen-bond donors (Lipinski definition) is 2. The molecule has 6 heteroatoms. The number of benzene rings is 1. The lowest BCUT2D eigenvalue weighted by Gasteiger charge is -2.14. The Morgan fingerprint density at radius 1 is 1.35 bits per heavy atom. The maximum absolute atomic E-state index is 11.4. The van der Waals surface area contributed by atoms with Crippen molar-refractivity contribution in [2.45, 2.75) is 19.4 Å². The highest BCUT2D eigenvalue weighted by Crippen LogP contribution is 2.03. The molecule has 3 N–H and O–H groups in total. The zero-order valence-electron chi connectivity index (χ0n) is 9.59. The van der Waals surface area contributed by atoms with Gasteiger partial charge in [0.05, 0.1) is 6.61 Å². The number of hydrazine groups is 1. The number of ether oxygens (including phenoxy) is 1. The van der Waals surface area contributed by atoms with Crippen molar-refractivity contribution in [3.8, 4) is 0 Å². The van der Waals surface area contributed by atoms with Gasteiger partial charge in [0.2, 0.25) is 0 Å². The van der Waals surface area contributed by atoms with Gasteiger partial charge in [-0.2, -0.15) is 0 Å². The molecule has 1 rings (SSSR count). The molecule has 1 atom stereocenters. The Balaban J connectivity index is 0. The zero-order valence-corrected chi connectivity index (χ0v) is 11.2. The summed E-state index contributed by atoms with van der Waals surface area (Å²) in [4.78, 5) is 11.4. The van der Waals surface area contributed by atoms with Gasteiger partial charge in [-0.3, -0.25) is 10.6 Å². The molecule has 4 nitrogen and oxygen atoms in total. The topological polar surface area (TPSA) is 64.3 Å². The van der Waals surface area contributed by atoms with E-state index in [9.17, 15) is 4.79 Å². The van der Waals surface area contributed by atoms with E-state index in [2.05, 4.69) is 5.43 Å². The van der Waals surface area contributed by atoms with Crippen LogP contribution < -0.4 is 11.3 Å². The van der Waals surface area contributed by atoms with Crippen molar-refractivity contribution in [3.63, 3.8) is 0 Å². The Kier molecular flexibility index (Phi) is 11.3. The van der Waals surface area contributed by atoms with Crippen LogP contribution in [0.5, 0.6) is 0 Å². The summed E-state index contributed by atoms with van der Waals surface area (Å²) in [6, 6.07) is 9.20. The molecule has 0 bridgehead atoms. The summed E-state index contributed by atoms with van der Waals surface area (Å²) < 4.78 is 4.89. The van der Waals surface area contributed by atoms with E-state index in [0.29, 0.717) is 13.0 Å². The van der Waals surface area contributed by atoms with Crippen LogP contribution in [0.25, 0.3) is 0 Å². The normalized spacial score (nSPS) is 10.7. The summed E-state index contributed by atoms with van der Waals surface area (Å²) >= 11 is 0. The van der Waals surface area contributed by atoms with Crippen molar-refractivity contribution < 1.29 is 9.53 Å². The maximum atomic E-state index is 11.4. The van der Waals surface area contributed by atoms with Crippen molar-refractivity contribution in [2.24, 2.45) is 5.84 Å². The number of esters is 1. The monoisotopic (exact) mass is 280 g/mol. The number of hydrogen-bond acceptors (Lipinski definition) is 4. The molecule has 1 aromatic rings. The molecule has 0 spiro atoms. The van der Waals surface area contributed by atoms with Crippen LogP contribution in [0.3, 0.4) is 0 Å². The van der Waals surface area contributed by atoms with Crippen LogP contribution in [-0.2, 0) is 16.0 Å². The number of carbonyl (C=O) groups is 1. The molecule has 0 aliphatic heterocycles. The molecule has 0 radical (unpaired) electrons. The number of nitrogens with two attached hydrogens (primary N) is 1. The first-order valence-corrected chi connectivity index (χ1v) is 4.94. The molecule has 0 amide bonds. The summed E-state index contributed by atoms with van der Waals surface area (Å²) in [5.74, 6) is 4.99. The number of nitrogens with one attached hydrogen (secondary N) is 1. The second-order valence-electron chi connectivity index (χ2n) is 3.16. The standard InChI is InChI=1S/C11H16N2O2.2ClH/c1-2-15-11(14)10(13-12)8-9-6-4-3-5-7-9;;/h3-7,10,13H,2,8,12H2,1H3;2*1H/t10-;;/m0../s1. The Bertz CT molecular complexity index is 310. The lowest BCUT2D eigenvalue weighted by molar-refractivity contribution is -0.145. The van der Waals surface area contributed by atoms with Crippen molar-refractivity contribution in [1.29, 1.82) is 0 Å². The van der Waals surface area contributed by atoms with Crippen LogP contribution in [0.2, 0.25) is 0 Å². The number of rotatable bonds is 5. The minimum Gasteiger partial charge on any atom is -0.465 e. The SMILES string of the molecule is CCOC(=O)[C@H](Cc1ccccc1)NN.Cl.Cl. The molecule has 0 aliphatic carbocycles. The highest BCUT2D eigenvalue weighted by Gasteiger charge is 2.17. The van der Waals surface area contributed by atoms with Gasteiger partial charge in [-0.15, -0.1) is 24.8 Å². The highest BCUT2D eigenvalue weighted by atomic mass is 35.5. The minimum absolute atomic E-state index is 0. The Labute approximate surface area is 114 Å². The van der Waals surface area contributed by atoms with E-state index in [-0.39, 0.29) is 30.8 Å². The summed E-state index contributed by atoms with van der Waals surface area (Å²) in [7, 11) is 0. The van der Waals surface area contributed by atoms with Crippen LogP contribution in [0.4, 0.5) is 0 Å². The smallest absolute Gasteiger partial charge is 0.324 e. The number of halogens is 2. The van der Waals surface area contributed by atoms with Crippen molar-refractivity contribution in [1.82, 2.24) is 5.43 Å². The second-order valence-corrected chi connectivity index (χ2v) is 3.16. The minimum atomic E-state index is -0.479. The van der Waals surface area contributed by atoms with Crippen LogP contribution in [0, 0.1) is 0 Å². The van der Waals surface area contributed by atoms with Crippen LogP contribution in [-0.4, -0.2) is 18.6 Å². The van der Waals surface area contributed by atoms with E-state index in [1.54, 1.807) is 6.92 Å². The first-order chi connectivity index (χ1) is 7.27. The largest absolute Gasteiger partial charge is 0.465 e. The Morgan fingerprint density at radius 2 is 1.94 bits per heavy atom. The van der Waals surface area contributed by atoms with Gasteiger partial charge in [0.15, 0.2) is 0 Å². The van der Waals surface area contributed by atoms with Crippen LogP contribution in [0.15, 0.2) is 30.3 Å². The summed E-state index contributed by atoms with van der Waals surface area (Å²) in [6.45, 7) is 2.14. The van der Waals surface area contributed by atoms with Gasteiger partial charge < -0.3 is 4.74 Å². The van der Waals surface area contributed by atoms with Crippen LogP contribution in [0.1, 0.15) is 12.5 Å². The van der Waals surface area contributed by atoms with Crippen molar-refractivity contribution >= 4 is 30.8 Å². The molecule has 0 unspecified atom stereocenters. The number of carbonyl (C=O) groups excluding carboxylic acids is 1. The van der Waals surface area contributed by atoms with Crippen molar-refractivity contribution in [2.75, 3.05) is 6.61 Å². The van der Waals surface area contributed by atoms with E-state index in [1.807, 2.05) is 30.3 Å². The second kappa shape index (κ2) is 10.4. The van der Waals surface area contributed by atoms with Crippen molar-refractivity contribution in [3.05, 3.63) is 35.9 Å². The predicted octanol–water partition coefficient (Wildman–Crippen LogP) is 1.47. The molecule has 98 valence electrons. The predicted molar refractivity (Wildman–Crippen MR) is 72.4 cm³/mol. The van der Waals surface area contributed by atoms with Gasteiger partial charge >= 0.3 is 5.97 Å². The average Bonchev–Trinajstić information content (AvgIpc) is 2.27. The molecule has 1 aromatic carbocycles. The van der Waals surface area contributed by atoms with E-state index >= 15 is 0 Å². The van der Waals surface area contributed by atoms with Gasteiger partial charge in [0.1, 0.15) is 6.04 Å². The Hall–Kier alpha value is -0.810. The van der Waals surface area contributed by atoms with Gasteiger partial charge in [-0.25, -0.2) is 5.43 Å². The third-order valence-electron chi connectivity index (χ3n) is 2.05. The fourth-order valence-corrected chi connectivity index (χ4v) is 1.30. The summed E-state index contributed by atoms with van der Waals surface area (Å²) in [5.41, 5.74) is 3.51. The molecular formula is C11H18Cl2N2O2. The average molecular weight is 281 g/mol. The van der Waals surface area contributed by atoms with Gasteiger partial charge in [0, 0.05) is 0 Å². The van der Waals surface area contributed by atoms with Gasteiger partial charge in [-0.05, 0) is 18.9 Å². The highest BCUT2D eigenvalue weighted by molar-refractivity contribution is 5.85. The summed E-state index contributed by atoms with van der Waals surface area (Å²) in [6.07, 6.45) is 0.538.